The molecule has 4 heterocycles. The van der Waals surface area contributed by atoms with Gasteiger partial charge in [0.15, 0.2) is 0 Å². The number of likely N-dealkylation sites (tertiary alicyclic amines) is 1. The minimum Gasteiger partial charge on any atom is -0.465 e. The summed E-state index contributed by atoms with van der Waals surface area (Å²) >= 11 is 0. The van der Waals surface area contributed by atoms with Crippen LogP contribution >= 0.6 is 0 Å². The highest BCUT2D eigenvalue weighted by atomic mass is 16.6. The topological polar surface area (TPSA) is 96.4 Å². The number of carbonyl (C=O) groups excluding carboxylic acids is 3. The molecule has 1 spiro atoms. The molecule has 8 nitrogen and oxygen atoms in total. The first-order valence-electron chi connectivity index (χ1n) is 14.3. The largest absolute Gasteiger partial charge is 0.465 e. The highest BCUT2D eigenvalue weighted by Crippen LogP contribution is 2.54. The van der Waals surface area contributed by atoms with Crippen LogP contribution in [-0.2, 0) is 23.9 Å². The number of cyclic esters (lactones) is 1. The van der Waals surface area contributed by atoms with Gasteiger partial charge in [-0.3, -0.25) is 14.4 Å². The van der Waals surface area contributed by atoms with Crippen molar-refractivity contribution in [1.82, 2.24) is 4.90 Å². The lowest BCUT2D eigenvalue weighted by Crippen LogP contribution is -2.59. The number of fused-ring (bicyclic) bond motifs is 2. The van der Waals surface area contributed by atoms with Gasteiger partial charge in [-0.2, -0.15) is 0 Å². The number of ether oxygens (including phenoxy) is 2. The molecule has 2 saturated heterocycles. The Morgan fingerprint density at radius 3 is 2.67 bits per heavy atom. The Morgan fingerprint density at radius 1 is 1.13 bits per heavy atom. The molecule has 8 heteroatoms. The number of rotatable bonds is 5. The summed E-state index contributed by atoms with van der Waals surface area (Å²) in [7, 11) is 0. The van der Waals surface area contributed by atoms with Crippen molar-refractivity contribution in [3.8, 4) is 0 Å². The lowest BCUT2D eigenvalue weighted by atomic mass is 9.78. The van der Waals surface area contributed by atoms with Crippen LogP contribution in [0.15, 0.2) is 42.5 Å². The molecule has 1 aromatic rings. The van der Waals surface area contributed by atoms with Gasteiger partial charge in [-0.15, -0.1) is 0 Å². The number of aliphatic hydroxyl groups is 1. The van der Waals surface area contributed by atoms with Gasteiger partial charge in [0.1, 0.15) is 17.6 Å². The summed E-state index contributed by atoms with van der Waals surface area (Å²) < 4.78 is 12.4. The Morgan fingerprint density at radius 2 is 1.92 bits per heavy atom. The van der Waals surface area contributed by atoms with Crippen LogP contribution in [0.2, 0.25) is 0 Å². The van der Waals surface area contributed by atoms with Gasteiger partial charge in [0, 0.05) is 12.2 Å². The van der Waals surface area contributed by atoms with E-state index >= 15 is 0 Å². The van der Waals surface area contributed by atoms with E-state index in [1.807, 2.05) is 70.2 Å². The lowest BCUT2D eigenvalue weighted by Gasteiger charge is -2.40. The standard InChI is InChI=1S/C31H40N2O6/c1-5-20(3)23(18-34)33-27-29(36)32(22-17-19(2)12-13-21(22)4)15-10-14-31(27)26(28(33)35)25-24(39-31)11-8-6-7-9-16-38-30(25)37/h8,10-14,17,20,23-27,34H,5-7,9,15-16,18H2,1-4H3/b11-8-/t20-,23-,24+,25-,26-,27?,31-/m0/s1. The second-order valence-corrected chi connectivity index (χ2v) is 11.5. The molecule has 39 heavy (non-hydrogen) atoms. The van der Waals surface area contributed by atoms with Crippen molar-refractivity contribution >= 4 is 23.5 Å². The van der Waals surface area contributed by atoms with E-state index in [1.165, 1.54) is 0 Å². The number of allylic oxidation sites excluding steroid dienone is 1. The number of nitrogens with zero attached hydrogens (tertiary/aromatic N) is 2. The minimum absolute atomic E-state index is 0.0734. The zero-order chi connectivity index (χ0) is 27.9. The molecule has 5 rings (SSSR count). The molecule has 4 aliphatic heterocycles. The SMILES string of the molecule is CC[C@H](C)[C@H](CO)N1C(=O)[C@@H]2[C@H]3C(=O)OCCCC/C=C\[C@H]3O[C@@]23C=CCN(c2cc(C)ccc2C)C(=O)C13. The van der Waals surface area contributed by atoms with Gasteiger partial charge < -0.3 is 24.4 Å². The molecular weight excluding hydrogens is 496 g/mol. The normalized spacial score (nSPS) is 33.1. The molecule has 0 aliphatic carbocycles. The molecule has 0 aromatic heterocycles. The van der Waals surface area contributed by atoms with Gasteiger partial charge in [-0.05, 0) is 56.2 Å². The van der Waals surface area contributed by atoms with Crippen LogP contribution in [-0.4, -0.2) is 71.3 Å². The van der Waals surface area contributed by atoms with Gasteiger partial charge in [-0.25, -0.2) is 0 Å². The van der Waals surface area contributed by atoms with Crippen LogP contribution in [0.3, 0.4) is 0 Å². The smallest absolute Gasteiger partial charge is 0.312 e. The van der Waals surface area contributed by atoms with Crippen molar-refractivity contribution in [2.45, 2.75) is 77.2 Å². The maximum atomic E-state index is 14.6. The molecule has 1 aromatic carbocycles. The predicted octanol–water partition coefficient (Wildman–Crippen LogP) is 3.48. The Bertz CT molecular complexity index is 1190. The number of aliphatic hydroxyl groups excluding tert-OH is 1. The number of benzene rings is 1. The van der Waals surface area contributed by atoms with Gasteiger partial charge >= 0.3 is 5.97 Å². The third-order valence-electron chi connectivity index (χ3n) is 9.04. The van der Waals surface area contributed by atoms with Crippen LogP contribution in [0.5, 0.6) is 0 Å². The average Bonchev–Trinajstić information content (AvgIpc) is 3.31. The molecule has 210 valence electrons. The molecule has 1 N–H and O–H groups in total. The molecule has 0 radical (unpaired) electrons. The van der Waals surface area contributed by atoms with Crippen LogP contribution in [0.1, 0.15) is 50.7 Å². The van der Waals surface area contributed by atoms with Crippen molar-refractivity contribution in [3.63, 3.8) is 0 Å². The molecule has 1 unspecified atom stereocenters. The highest BCUT2D eigenvalue weighted by molar-refractivity contribution is 6.06. The Kier molecular flexibility index (Phi) is 7.71. The fraction of sp³-hybridized carbons (Fsp3) is 0.581. The summed E-state index contributed by atoms with van der Waals surface area (Å²) in [6, 6.07) is 4.34. The average molecular weight is 537 g/mol. The van der Waals surface area contributed by atoms with Gasteiger partial charge in [0.05, 0.1) is 31.3 Å². The first kappa shape index (κ1) is 27.6. The molecule has 0 saturated carbocycles. The van der Waals surface area contributed by atoms with Crippen LogP contribution in [0.25, 0.3) is 0 Å². The maximum Gasteiger partial charge on any atom is 0.312 e. The van der Waals surface area contributed by atoms with E-state index in [9.17, 15) is 19.5 Å². The monoisotopic (exact) mass is 536 g/mol. The fourth-order valence-corrected chi connectivity index (χ4v) is 6.75. The van der Waals surface area contributed by atoms with Gasteiger partial charge in [0.2, 0.25) is 5.91 Å². The third kappa shape index (κ3) is 4.51. The number of hydrogen-bond donors (Lipinski definition) is 1. The van der Waals surface area contributed by atoms with Gasteiger partial charge in [0.25, 0.3) is 5.91 Å². The van der Waals surface area contributed by atoms with E-state index in [1.54, 1.807) is 9.80 Å². The fourth-order valence-electron chi connectivity index (χ4n) is 6.75. The van der Waals surface area contributed by atoms with E-state index in [0.717, 1.165) is 36.1 Å². The van der Waals surface area contributed by atoms with Crippen LogP contribution in [0, 0.1) is 31.6 Å². The van der Waals surface area contributed by atoms with E-state index in [4.69, 9.17) is 9.47 Å². The Balaban J connectivity index is 1.67. The summed E-state index contributed by atoms with van der Waals surface area (Å²) in [6.45, 7) is 8.22. The summed E-state index contributed by atoms with van der Waals surface area (Å²) in [5.74, 6) is -2.96. The molecular formula is C31H40N2O6. The first-order chi connectivity index (χ1) is 18.7. The van der Waals surface area contributed by atoms with Crippen LogP contribution < -0.4 is 4.90 Å². The number of anilines is 1. The van der Waals surface area contributed by atoms with Crippen molar-refractivity contribution in [3.05, 3.63) is 53.6 Å². The second kappa shape index (κ2) is 10.9. The van der Waals surface area contributed by atoms with Crippen molar-refractivity contribution < 1.29 is 29.0 Å². The zero-order valence-corrected chi connectivity index (χ0v) is 23.3. The second-order valence-electron chi connectivity index (χ2n) is 11.5. The van der Waals surface area contributed by atoms with Crippen molar-refractivity contribution in [1.29, 1.82) is 0 Å². The molecule has 2 fully saturated rings. The van der Waals surface area contributed by atoms with Crippen molar-refractivity contribution in [2.24, 2.45) is 17.8 Å². The number of aryl methyl sites for hydroxylation is 2. The molecule has 7 atom stereocenters. The van der Waals surface area contributed by atoms with Crippen LogP contribution in [0.4, 0.5) is 5.69 Å². The minimum atomic E-state index is -1.35. The summed E-state index contributed by atoms with van der Waals surface area (Å²) in [4.78, 5) is 45.8. The predicted molar refractivity (Wildman–Crippen MR) is 147 cm³/mol. The zero-order valence-electron chi connectivity index (χ0n) is 23.3. The number of esters is 1. The third-order valence-corrected chi connectivity index (χ3v) is 9.04. The lowest BCUT2D eigenvalue weighted by molar-refractivity contribution is -0.155. The molecule has 4 aliphatic rings. The Labute approximate surface area is 230 Å². The summed E-state index contributed by atoms with van der Waals surface area (Å²) in [5, 5.41) is 10.5. The number of amides is 2. The quantitative estimate of drug-likeness (QED) is 0.457. The van der Waals surface area contributed by atoms with Gasteiger partial charge in [-0.1, -0.05) is 56.7 Å². The van der Waals surface area contributed by atoms with E-state index < -0.39 is 41.6 Å². The summed E-state index contributed by atoms with van der Waals surface area (Å²) in [6.07, 6.45) is 10.1. The first-order valence-corrected chi connectivity index (χ1v) is 14.3. The van der Waals surface area contributed by atoms with E-state index in [0.29, 0.717) is 13.0 Å². The number of hydrogen-bond acceptors (Lipinski definition) is 6. The highest BCUT2D eigenvalue weighted by Gasteiger charge is 2.72. The number of carbonyl (C=O) groups is 3. The Hall–Kier alpha value is -2.97. The maximum absolute atomic E-state index is 14.6. The summed E-state index contributed by atoms with van der Waals surface area (Å²) in [5.41, 5.74) is 1.39. The molecule has 2 amide bonds. The van der Waals surface area contributed by atoms with E-state index in [-0.39, 0.29) is 30.9 Å². The van der Waals surface area contributed by atoms with Crippen molar-refractivity contribution in [2.75, 3.05) is 24.7 Å². The molecule has 0 bridgehead atoms. The van der Waals surface area contributed by atoms with E-state index in [2.05, 4.69) is 0 Å².